The van der Waals surface area contributed by atoms with E-state index in [2.05, 4.69) is 51.8 Å². The van der Waals surface area contributed by atoms with E-state index < -0.39 is 79.5 Å². The van der Waals surface area contributed by atoms with Gasteiger partial charge in [-0.3, -0.25) is 38.5 Å². The minimum atomic E-state index is -2.11. The molecular weight excluding hydrogens is 1010 g/mol. The second-order valence-electron chi connectivity index (χ2n) is 23.5. The molecule has 414 valence electrons. The number of hydrogen-bond acceptors (Lipinski definition) is 9. The van der Waals surface area contributed by atoms with Crippen molar-refractivity contribution in [1.29, 1.82) is 0 Å². The Bertz CT molecular complexity index is 2930. The lowest BCUT2D eigenvalue weighted by atomic mass is 9.86. The molecule has 18 nitrogen and oxygen atoms in total. The second kappa shape index (κ2) is 23.7. The van der Waals surface area contributed by atoms with Crippen LogP contribution in [-0.4, -0.2) is 131 Å². The van der Waals surface area contributed by atoms with Crippen molar-refractivity contribution in [3.8, 4) is 0 Å². The lowest BCUT2D eigenvalue weighted by Crippen LogP contribution is -2.57. The first-order valence-electron chi connectivity index (χ1n) is 27.2. The van der Waals surface area contributed by atoms with Crippen molar-refractivity contribution in [2.75, 3.05) is 25.1 Å². The van der Waals surface area contributed by atoms with Gasteiger partial charge in [0.25, 0.3) is 11.8 Å². The minimum Gasteiger partial charge on any atom is -0.465 e. The molecule has 2 fully saturated rings. The average molecular weight is 1080 g/mol. The molecule has 8 rings (SSSR count). The van der Waals surface area contributed by atoms with Crippen molar-refractivity contribution in [3.05, 3.63) is 136 Å². The van der Waals surface area contributed by atoms with Crippen LogP contribution in [-0.2, 0) is 43.2 Å². The van der Waals surface area contributed by atoms with E-state index in [4.69, 9.17) is 5.73 Å². The molecule has 8 amide bonds. The number of likely N-dealkylation sites (tertiary alicyclic amines) is 1. The summed E-state index contributed by atoms with van der Waals surface area (Å²) >= 11 is 0. The Morgan fingerprint density at radius 1 is 0.718 bits per heavy atom. The number of nitrogens with zero attached hydrogens (tertiary/aromatic N) is 3. The van der Waals surface area contributed by atoms with Crippen LogP contribution in [0, 0.1) is 5.41 Å². The highest BCUT2D eigenvalue weighted by Gasteiger charge is 2.48. The summed E-state index contributed by atoms with van der Waals surface area (Å²) in [7, 11) is -0.831. The van der Waals surface area contributed by atoms with Crippen molar-refractivity contribution in [1.82, 2.24) is 36.0 Å². The van der Waals surface area contributed by atoms with Crippen LogP contribution in [0.2, 0.25) is 19.1 Å². The Labute approximate surface area is 457 Å². The number of rotatable bonds is 15. The van der Waals surface area contributed by atoms with Gasteiger partial charge in [0.2, 0.25) is 29.5 Å². The van der Waals surface area contributed by atoms with Gasteiger partial charge in [-0.2, -0.15) is 0 Å². The van der Waals surface area contributed by atoms with Gasteiger partial charge in [0.15, 0.2) is 0 Å². The summed E-state index contributed by atoms with van der Waals surface area (Å²) in [6.45, 7) is 11.4. The van der Waals surface area contributed by atoms with Gasteiger partial charge >= 0.3 is 6.09 Å². The Hall–Kier alpha value is -7.38. The molecule has 2 saturated heterocycles. The molecule has 8 atom stereocenters. The molecule has 2 aliphatic carbocycles. The van der Waals surface area contributed by atoms with Gasteiger partial charge in [-0.25, -0.2) is 4.79 Å². The van der Waals surface area contributed by atoms with E-state index in [1.165, 1.54) is 54.3 Å². The molecular formula is C59H75N9O9Si. The Balaban J connectivity index is 0.911. The number of anilines is 1. The molecule has 0 bridgehead atoms. The van der Waals surface area contributed by atoms with Crippen molar-refractivity contribution >= 4 is 61.2 Å². The summed E-state index contributed by atoms with van der Waals surface area (Å²) in [5.41, 5.74) is 12.0. The first kappa shape index (κ1) is 56.8. The van der Waals surface area contributed by atoms with E-state index in [-0.39, 0.29) is 60.3 Å². The number of aryl methyl sites for hydroxylation is 2. The normalized spacial score (nSPS) is 21.6. The molecule has 0 aromatic heterocycles. The molecule has 0 radical (unpaired) electrons. The Kier molecular flexibility index (Phi) is 17.3. The minimum absolute atomic E-state index is 0.0116. The van der Waals surface area contributed by atoms with Crippen molar-refractivity contribution in [2.45, 2.75) is 147 Å². The number of carboxylic acid groups (broad SMARTS) is 1. The van der Waals surface area contributed by atoms with Gasteiger partial charge in [0.1, 0.15) is 24.2 Å². The number of nitrogens with one attached hydrogen (secondary N) is 5. The highest BCUT2D eigenvalue weighted by molar-refractivity contribution is 6.79. The van der Waals surface area contributed by atoms with E-state index in [1.54, 1.807) is 29.2 Å². The number of likely N-dealkylation sites (N-methyl/N-ethyl adjacent to an activating group) is 1. The number of carbonyl (C=O) groups excluding carboxylic acids is 7. The van der Waals surface area contributed by atoms with E-state index in [0.29, 0.717) is 23.5 Å². The molecule has 4 aromatic carbocycles. The fraction of sp³-hybridized carbons (Fsp3) is 0.458. The van der Waals surface area contributed by atoms with E-state index in [1.807, 2.05) is 57.2 Å². The van der Waals surface area contributed by atoms with E-state index >= 15 is 0 Å². The maximum absolute atomic E-state index is 14.8. The quantitative estimate of drug-likeness (QED) is 0.0696. The highest BCUT2D eigenvalue weighted by Crippen LogP contribution is 2.34. The van der Waals surface area contributed by atoms with Crippen LogP contribution in [0.3, 0.4) is 0 Å². The smallest absolute Gasteiger partial charge is 0.407 e. The fourth-order valence-corrected chi connectivity index (χ4v) is 14.2. The molecule has 78 heavy (non-hydrogen) atoms. The highest BCUT2D eigenvalue weighted by atomic mass is 28.3. The third kappa shape index (κ3) is 13.1. The zero-order valence-corrected chi connectivity index (χ0v) is 46.8. The summed E-state index contributed by atoms with van der Waals surface area (Å²) in [6, 6.07) is 23.8. The van der Waals surface area contributed by atoms with Crippen molar-refractivity contribution in [2.24, 2.45) is 11.1 Å². The van der Waals surface area contributed by atoms with Gasteiger partial charge in [-0.05, 0) is 128 Å². The van der Waals surface area contributed by atoms with Gasteiger partial charge in [0.05, 0.1) is 26.2 Å². The largest absolute Gasteiger partial charge is 0.465 e. The zero-order valence-electron chi connectivity index (χ0n) is 45.8. The Morgan fingerprint density at radius 2 is 1.26 bits per heavy atom. The van der Waals surface area contributed by atoms with Crippen molar-refractivity contribution in [3.63, 3.8) is 0 Å². The zero-order chi connectivity index (χ0) is 56.2. The number of carbonyl (C=O) groups is 8. The number of amides is 8. The summed E-state index contributed by atoms with van der Waals surface area (Å²) in [5.74, 6) is -2.91. The van der Waals surface area contributed by atoms with Crippen LogP contribution in [0.15, 0.2) is 97.1 Å². The lowest BCUT2D eigenvalue weighted by molar-refractivity contribution is -0.141. The second-order valence-corrected chi connectivity index (χ2v) is 28.5. The maximum atomic E-state index is 14.8. The average Bonchev–Trinajstić information content (AvgIpc) is 4.04. The first-order valence-corrected chi connectivity index (χ1v) is 30.6. The van der Waals surface area contributed by atoms with Crippen LogP contribution in [0.25, 0.3) is 0 Å². The monoisotopic (exact) mass is 1080 g/mol. The summed E-state index contributed by atoms with van der Waals surface area (Å²) in [5, 5.41) is 24.8. The third-order valence-electron chi connectivity index (χ3n) is 16.0. The molecule has 4 unspecified atom stereocenters. The molecule has 0 saturated carbocycles. The fourth-order valence-electron chi connectivity index (χ4n) is 11.3. The summed E-state index contributed by atoms with van der Waals surface area (Å²) in [6.07, 6.45) is 4.55. The van der Waals surface area contributed by atoms with Gasteiger partial charge in [-0.15, -0.1) is 0 Å². The molecule has 0 spiro atoms. The van der Waals surface area contributed by atoms with E-state index in [9.17, 15) is 43.5 Å². The predicted molar refractivity (Wildman–Crippen MR) is 299 cm³/mol. The number of hydrogen-bond donors (Lipinski definition) is 7. The third-order valence-corrected chi connectivity index (χ3v) is 18.7. The Morgan fingerprint density at radius 3 is 1.81 bits per heavy atom. The SMILES string of the molecule is CC(C(=O)NC(Cc1ccc(NC(=O)c2ccc(C(=O)N[C@H]3C[C@@H](C(=O)N[C@@H]4CCCc5ccccc54)N(C(=O)C(N)C(C)(C)C)C3)cc2)cc1)C(=O)N1C[Si](C)(C)CC1C(=O)N[C@@H]1CCCc2ccccc21)N(C)C(=O)O. The summed E-state index contributed by atoms with van der Waals surface area (Å²) < 4.78 is 0. The van der Waals surface area contributed by atoms with Crippen LogP contribution < -0.4 is 32.3 Å². The molecule has 4 aromatic rings. The number of nitrogens with two attached hydrogens (primary N) is 1. The maximum Gasteiger partial charge on any atom is 0.407 e. The molecule has 2 aliphatic heterocycles. The molecule has 8 N–H and O–H groups in total. The number of benzene rings is 4. The van der Waals surface area contributed by atoms with Crippen LogP contribution in [0.4, 0.5) is 10.5 Å². The van der Waals surface area contributed by atoms with Crippen LogP contribution in [0.1, 0.15) is 120 Å². The van der Waals surface area contributed by atoms with Gasteiger partial charge in [-0.1, -0.05) is 94.5 Å². The standard InChI is InChI=1S/C59H75N9O9Si/c1-35(66(5)58(76)77)51(69)65-47(56(74)68-34-78(6,7)33-49(68)55(73)64-46-21-13-17-38-15-9-11-19-44(38)46)30-36-22-28-41(29-23-36)61-52(70)39-24-26-40(27-25-39)53(71)62-42-31-48(67(32-42)57(75)50(60)59(2,3)4)54(72)63-45-20-12-16-37-14-8-10-18-43(37)45/h8-11,14-15,18-19,22-29,35,42,45-50H,12-13,16-17,20-21,30-34,60H2,1-7H3,(H,61,70)(H,62,71)(H,63,72)(H,64,73)(H,65,69)(H,76,77)/t35?,42-,45+,46+,47?,48-,49?,50?/m0/s1. The van der Waals surface area contributed by atoms with Crippen LogP contribution >= 0.6 is 0 Å². The topological polar surface area (TPSA) is 253 Å². The molecule has 4 aliphatic rings. The molecule has 2 heterocycles. The van der Waals surface area contributed by atoms with Gasteiger partial charge in [0, 0.05) is 49.0 Å². The predicted octanol–water partition coefficient (Wildman–Crippen LogP) is 5.88. The lowest BCUT2D eigenvalue weighted by Gasteiger charge is -2.33. The van der Waals surface area contributed by atoms with Gasteiger partial charge < -0.3 is 47.2 Å². The first-order chi connectivity index (χ1) is 37.0. The molecule has 19 heteroatoms. The van der Waals surface area contributed by atoms with E-state index in [0.717, 1.165) is 54.6 Å². The van der Waals surface area contributed by atoms with Crippen molar-refractivity contribution < 1.29 is 43.5 Å². The summed E-state index contributed by atoms with van der Waals surface area (Å²) in [4.78, 5) is 114. The van der Waals surface area contributed by atoms with Crippen LogP contribution in [0.5, 0.6) is 0 Å². The number of fused-ring (bicyclic) bond motifs is 2.